The van der Waals surface area contributed by atoms with E-state index in [9.17, 15) is 20.0 Å². The standard InChI is InChI=1S/C13H16N2O6/c16-8-13(4-6-21-7-5-13)14-10-3-1-2-9(12(17)18)11(10)15(19)20/h1-3,14,16H,4-8H2,(H,17,18). The lowest BCUT2D eigenvalue weighted by Crippen LogP contribution is -2.47. The Labute approximate surface area is 120 Å². The summed E-state index contributed by atoms with van der Waals surface area (Å²) in [4.78, 5) is 21.6. The molecule has 0 amide bonds. The Balaban J connectivity index is 2.41. The van der Waals surface area contributed by atoms with Crippen LogP contribution in [0.5, 0.6) is 0 Å². The van der Waals surface area contributed by atoms with Crippen molar-refractivity contribution in [1.82, 2.24) is 0 Å². The largest absolute Gasteiger partial charge is 0.477 e. The number of nitro groups is 1. The fraction of sp³-hybridized carbons (Fsp3) is 0.462. The molecule has 0 atom stereocenters. The Kier molecular flexibility index (Phi) is 4.39. The van der Waals surface area contributed by atoms with Crippen LogP contribution in [0.2, 0.25) is 0 Å². The molecule has 1 aliphatic heterocycles. The lowest BCUT2D eigenvalue weighted by molar-refractivity contribution is -0.384. The van der Waals surface area contributed by atoms with Gasteiger partial charge in [0, 0.05) is 13.2 Å². The summed E-state index contributed by atoms with van der Waals surface area (Å²) in [6, 6.07) is 4.06. The first-order valence-corrected chi connectivity index (χ1v) is 6.46. The number of benzene rings is 1. The van der Waals surface area contributed by atoms with E-state index in [1.807, 2.05) is 0 Å². The number of carbonyl (C=O) groups is 1. The van der Waals surface area contributed by atoms with Crippen LogP contribution in [-0.4, -0.2) is 46.5 Å². The van der Waals surface area contributed by atoms with Crippen LogP contribution in [0.3, 0.4) is 0 Å². The van der Waals surface area contributed by atoms with Crippen LogP contribution >= 0.6 is 0 Å². The molecule has 8 nitrogen and oxygen atoms in total. The number of carboxylic acids is 1. The molecule has 0 aromatic heterocycles. The Morgan fingerprint density at radius 3 is 2.62 bits per heavy atom. The monoisotopic (exact) mass is 296 g/mol. The predicted molar refractivity (Wildman–Crippen MR) is 73.5 cm³/mol. The number of carboxylic acid groups (broad SMARTS) is 1. The molecule has 1 aliphatic rings. The number of aliphatic hydroxyl groups excluding tert-OH is 1. The van der Waals surface area contributed by atoms with Crippen molar-refractivity contribution in [2.24, 2.45) is 0 Å². The van der Waals surface area contributed by atoms with Gasteiger partial charge in [-0.1, -0.05) is 6.07 Å². The van der Waals surface area contributed by atoms with Gasteiger partial charge < -0.3 is 20.3 Å². The molecule has 1 heterocycles. The molecule has 3 N–H and O–H groups in total. The summed E-state index contributed by atoms with van der Waals surface area (Å²) in [5, 5.41) is 32.8. The molecule has 0 spiro atoms. The number of hydrogen-bond donors (Lipinski definition) is 3. The summed E-state index contributed by atoms with van der Waals surface area (Å²) in [5.41, 5.74) is -1.52. The minimum Gasteiger partial charge on any atom is -0.477 e. The van der Waals surface area contributed by atoms with Gasteiger partial charge in [0.15, 0.2) is 0 Å². The first kappa shape index (κ1) is 15.2. The van der Waals surface area contributed by atoms with E-state index in [-0.39, 0.29) is 17.9 Å². The van der Waals surface area contributed by atoms with E-state index in [4.69, 9.17) is 9.84 Å². The molecule has 1 saturated heterocycles. The number of nitrogens with zero attached hydrogens (tertiary/aromatic N) is 1. The quantitative estimate of drug-likeness (QED) is 0.552. The molecule has 1 aromatic carbocycles. The number of aromatic carboxylic acids is 1. The summed E-state index contributed by atoms with van der Waals surface area (Å²) < 4.78 is 5.22. The van der Waals surface area contributed by atoms with Crippen LogP contribution in [0, 0.1) is 10.1 Å². The molecule has 114 valence electrons. The molecular formula is C13H16N2O6. The lowest BCUT2D eigenvalue weighted by atomic mass is 9.90. The Bertz CT molecular complexity index is 554. The summed E-state index contributed by atoms with van der Waals surface area (Å²) in [6.07, 6.45) is 0.968. The van der Waals surface area contributed by atoms with Crippen LogP contribution in [0.1, 0.15) is 23.2 Å². The number of rotatable bonds is 5. The number of hydrogen-bond acceptors (Lipinski definition) is 6. The van der Waals surface area contributed by atoms with Crippen molar-refractivity contribution in [3.05, 3.63) is 33.9 Å². The molecule has 0 aliphatic carbocycles. The molecule has 21 heavy (non-hydrogen) atoms. The normalized spacial score (nSPS) is 17.2. The third kappa shape index (κ3) is 3.11. The van der Waals surface area contributed by atoms with Gasteiger partial charge in [0.05, 0.1) is 17.1 Å². The molecule has 0 bridgehead atoms. The molecule has 2 rings (SSSR count). The smallest absolute Gasteiger partial charge is 0.342 e. The fourth-order valence-corrected chi connectivity index (χ4v) is 2.38. The van der Waals surface area contributed by atoms with Crippen LogP contribution in [0.25, 0.3) is 0 Å². The van der Waals surface area contributed by atoms with Gasteiger partial charge in [-0.05, 0) is 25.0 Å². The SMILES string of the molecule is O=C(O)c1cccc(NC2(CO)CCOCC2)c1[N+](=O)[O-]. The number of nitrogens with one attached hydrogen (secondary N) is 1. The van der Waals surface area contributed by atoms with Gasteiger partial charge in [0.1, 0.15) is 11.3 Å². The zero-order chi connectivity index (χ0) is 15.5. The van der Waals surface area contributed by atoms with E-state index >= 15 is 0 Å². The number of anilines is 1. The van der Waals surface area contributed by atoms with Crippen LogP contribution in [0.15, 0.2) is 18.2 Å². The first-order chi connectivity index (χ1) is 9.99. The van der Waals surface area contributed by atoms with Crippen LogP contribution in [-0.2, 0) is 4.74 Å². The number of nitro benzene ring substituents is 1. The second-order valence-corrected chi connectivity index (χ2v) is 4.94. The van der Waals surface area contributed by atoms with E-state index < -0.39 is 22.1 Å². The molecule has 0 saturated carbocycles. The highest BCUT2D eigenvalue weighted by Gasteiger charge is 2.35. The van der Waals surface area contributed by atoms with E-state index in [2.05, 4.69) is 5.32 Å². The van der Waals surface area contributed by atoms with Gasteiger partial charge in [-0.2, -0.15) is 0 Å². The van der Waals surface area contributed by atoms with Gasteiger partial charge >= 0.3 is 11.7 Å². The lowest BCUT2D eigenvalue weighted by Gasteiger charge is -2.37. The highest BCUT2D eigenvalue weighted by molar-refractivity contribution is 5.95. The topological polar surface area (TPSA) is 122 Å². The fourth-order valence-electron chi connectivity index (χ4n) is 2.38. The summed E-state index contributed by atoms with van der Waals surface area (Å²) in [5.74, 6) is -1.37. The van der Waals surface area contributed by atoms with Crippen LogP contribution < -0.4 is 5.32 Å². The van der Waals surface area contributed by atoms with E-state index in [0.717, 1.165) is 0 Å². The third-order valence-corrected chi connectivity index (χ3v) is 3.60. The van der Waals surface area contributed by atoms with Gasteiger partial charge in [-0.25, -0.2) is 4.79 Å². The van der Waals surface area contributed by atoms with E-state index in [1.54, 1.807) is 0 Å². The van der Waals surface area contributed by atoms with Crippen molar-refractivity contribution in [2.45, 2.75) is 18.4 Å². The van der Waals surface area contributed by atoms with Gasteiger partial charge in [-0.15, -0.1) is 0 Å². The van der Waals surface area contributed by atoms with Crippen molar-refractivity contribution < 1.29 is 24.7 Å². The Morgan fingerprint density at radius 1 is 1.43 bits per heavy atom. The number of para-hydroxylation sites is 1. The van der Waals surface area contributed by atoms with E-state index in [1.165, 1.54) is 18.2 Å². The highest BCUT2D eigenvalue weighted by atomic mass is 16.6. The van der Waals surface area contributed by atoms with E-state index in [0.29, 0.717) is 26.1 Å². The second-order valence-electron chi connectivity index (χ2n) is 4.94. The van der Waals surface area contributed by atoms with Gasteiger partial charge in [-0.3, -0.25) is 10.1 Å². The van der Waals surface area contributed by atoms with Crippen molar-refractivity contribution in [3.63, 3.8) is 0 Å². The molecular weight excluding hydrogens is 280 g/mol. The summed E-state index contributed by atoms with van der Waals surface area (Å²) in [6.45, 7) is 0.644. The summed E-state index contributed by atoms with van der Waals surface area (Å²) in [7, 11) is 0. The summed E-state index contributed by atoms with van der Waals surface area (Å²) >= 11 is 0. The zero-order valence-corrected chi connectivity index (χ0v) is 11.2. The Hall–Kier alpha value is -2.19. The molecule has 0 radical (unpaired) electrons. The minimum atomic E-state index is -1.37. The average molecular weight is 296 g/mol. The van der Waals surface area contributed by atoms with Gasteiger partial charge in [0.2, 0.25) is 0 Å². The predicted octanol–water partition coefficient (Wildman–Crippen LogP) is 1.25. The minimum absolute atomic E-state index is 0.0934. The molecule has 1 fully saturated rings. The maximum atomic E-state index is 11.2. The van der Waals surface area contributed by atoms with Crippen molar-refractivity contribution in [3.8, 4) is 0 Å². The molecule has 8 heteroatoms. The highest BCUT2D eigenvalue weighted by Crippen LogP contribution is 2.33. The second kappa shape index (κ2) is 6.06. The first-order valence-electron chi connectivity index (χ1n) is 6.46. The third-order valence-electron chi connectivity index (χ3n) is 3.60. The Morgan fingerprint density at radius 2 is 2.10 bits per heavy atom. The van der Waals surface area contributed by atoms with Crippen molar-refractivity contribution in [2.75, 3.05) is 25.1 Å². The maximum absolute atomic E-state index is 11.2. The van der Waals surface area contributed by atoms with Gasteiger partial charge in [0.25, 0.3) is 0 Å². The molecule has 1 aromatic rings. The zero-order valence-electron chi connectivity index (χ0n) is 11.2. The number of ether oxygens (including phenoxy) is 1. The average Bonchev–Trinajstić information content (AvgIpc) is 2.47. The van der Waals surface area contributed by atoms with Crippen molar-refractivity contribution >= 4 is 17.3 Å². The number of aliphatic hydroxyl groups is 1. The van der Waals surface area contributed by atoms with Crippen molar-refractivity contribution in [1.29, 1.82) is 0 Å². The maximum Gasteiger partial charge on any atom is 0.342 e. The molecule has 0 unspecified atom stereocenters. The van der Waals surface area contributed by atoms with Crippen LogP contribution in [0.4, 0.5) is 11.4 Å².